The molecule has 1 unspecified atom stereocenters. The van der Waals surface area contributed by atoms with Crippen LogP contribution in [0.1, 0.15) is 33.7 Å². The first-order valence-corrected chi connectivity index (χ1v) is 5.83. The second kappa shape index (κ2) is 5.60. The van der Waals surface area contributed by atoms with Crippen LogP contribution in [-0.2, 0) is 6.18 Å². The maximum Gasteiger partial charge on any atom is 0.437 e. The molecule has 0 bridgehead atoms. The van der Waals surface area contributed by atoms with Gasteiger partial charge < -0.3 is 19.4 Å². The van der Waals surface area contributed by atoms with Gasteiger partial charge in [-0.3, -0.25) is 4.79 Å². The Bertz CT molecular complexity index is 632. The first kappa shape index (κ1) is 15.1. The zero-order valence-electron chi connectivity index (χ0n) is 10.8. The van der Waals surface area contributed by atoms with Gasteiger partial charge in [0.15, 0.2) is 5.69 Å². The van der Waals surface area contributed by atoms with E-state index in [1.54, 1.807) is 13.0 Å². The summed E-state index contributed by atoms with van der Waals surface area (Å²) in [4.78, 5) is 11.7. The van der Waals surface area contributed by atoms with Crippen molar-refractivity contribution in [3.63, 3.8) is 0 Å². The highest BCUT2D eigenvalue weighted by molar-refractivity contribution is 5.95. The fourth-order valence-electron chi connectivity index (χ4n) is 1.62. The average molecular weight is 304 g/mol. The number of aliphatic hydroxyl groups excluding tert-OH is 1. The molecule has 9 heteroatoms. The number of carbonyl (C=O) groups excluding carboxylic acids is 1. The van der Waals surface area contributed by atoms with Crippen LogP contribution in [0.4, 0.5) is 13.2 Å². The molecule has 0 aliphatic carbocycles. The summed E-state index contributed by atoms with van der Waals surface area (Å²) in [5, 5.41) is 14.7. The number of rotatable bonds is 4. The fraction of sp³-hybridized carbons (Fsp3) is 0.333. The van der Waals surface area contributed by atoms with Gasteiger partial charge in [0.05, 0.1) is 6.54 Å². The standard InChI is InChI=1S/C12H11F3N2O4/c1-6-2-3-9(21-6)8(18)4-16-11(19)7-5-20-17-10(7)12(13,14)15/h2-3,5,8,18H,4H2,1H3,(H,16,19). The molecule has 0 saturated heterocycles. The van der Waals surface area contributed by atoms with Gasteiger partial charge in [-0.2, -0.15) is 13.2 Å². The Morgan fingerprint density at radius 1 is 1.48 bits per heavy atom. The van der Waals surface area contributed by atoms with Crippen LogP contribution < -0.4 is 5.32 Å². The van der Waals surface area contributed by atoms with E-state index in [2.05, 4.69) is 15.0 Å². The van der Waals surface area contributed by atoms with E-state index in [4.69, 9.17) is 4.42 Å². The highest BCUT2D eigenvalue weighted by Crippen LogP contribution is 2.30. The lowest BCUT2D eigenvalue weighted by molar-refractivity contribution is -0.143. The Morgan fingerprint density at radius 3 is 2.76 bits per heavy atom. The third-order valence-electron chi connectivity index (χ3n) is 2.63. The van der Waals surface area contributed by atoms with E-state index in [9.17, 15) is 23.1 Å². The van der Waals surface area contributed by atoms with Crippen molar-refractivity contribution in [2.24, 2.45) is 0 Å². The van der Waals surface area contributed by atoms with Gasteiger partial charge in [0, 0.05) is 0 Å². The lowest BCUT2D eigenvalue weighted by atomic mass is 10.2. The normalized spacial score (nSPS) is 13.2. The average Bonchev–Trinajstić information content (AvgIpc) is 3.03. The predicted octanol–water partition coefficient (Wildman–Crippen LogP) is 2.06. The SMILES string of the molecule is Cc1ccc(C(O)CNC(=O)c2conc2C(F)(F)F)o1. The molecule has 2 heterocycles. The quantitative estimate of drug-likeness (QED) is 0.902. The van der Waals surface area contributed by atoms with Crippen LogP contribution in [0.15, 0.2) is 27.3 Å². The Morgan fingerprint density at radius 2 is 2.19 bits per heavy atom. The molecular formula is C12H11F3N2O4. The summed E-state index contributed by atoms with van der Waals surface area (Å²) in [7, 11) is 0. The maximum atomic E-state index is 12.5. The smallest absolute Gasteiger partial charge is 0.437 e. The van der Waals surface area contributed by atoms with E-state index < -0.39 is 29.4 Å². The number of hydrogen-bond acceptors (Lipinski definition) is 5. The number of furan rings is 1. The minimum Gasteiger partial charge on any atom is -0.464 e. The third kappa shape index (κ3) is 3.43. The number of carbonyl (C=O) groups is 1. The summed E-state index contributed by atoms with van der Waals surface area (Å²) in [5.74, 6) is -0.283. The van der Waals surface area contributed by atoms with Gasteiger partial charge in [-0.1, -0.05) is 5.16 Å². The van der Waals surface area contributed by atoms with Gasteiger partial charge in [-0.15, -0.1) is 0 Å². The van der Waals surface area contributed by atoms with Crippen molar-refractivity contribution in [3.8, 4) is 0 Å². The molecular weight excluding hydrogens is 293 g/mol. The Labute approximate surface area is 116 Å². The molecule has 2 aromatic rings. The summed E-state index contributed by atoms with van der Waals surface area (Å²) in [6, 6.07) is 3.12. The third-order valence-corrected chi connectivity index (χ3v) is 2.63. The largest absolute Gasteiger partial charge is 0.464 e. The number of hydrogen-bond donors (Lipinski definition) is 2. The second-order valence-electron chi connectivity index (χ2n) is 4.25. The summed E-state index contributed by atoms with van der Waals surface area (Å²) in [5.41, 5.74) is -2.16. The van der Waals surface area contributed by atoms with Crippen molar-refractivity contribution in [1.82, 2.24) is 10.5 Å². The van der Waals surface area contributed by atoms with Gasteiger partial charge in [0.25, 0.3) is 5.91 Å². The minimum absolute atomic E-state index is 0.203. The molecule has 0 fully saturated rings. The lowest BCUT2D eigenvalue weighted by Crippen LogP contribution is -2.29. The Hall–Kier alpha value is -2.29. The maximum absolute atomic E-state index is 12.5. The summed E-state index contributed by atoms with van der Waals surface area (Å²) >= 11 is 0. The number of nitrogens with zero attached hydrogens (tertiary/aromatic N) is 1. The predicted molar refractivity (Wildman–Crippen MR) is 62.2 cm³/mol. The van der Waals surface area contributed by atoms with Crippen molar-refractivity contribution in [3.05, 3.63) is 41.2 Å². The zero-order chi connectivity index (χ0) is 15.6. The molecule has 0 aromatic carbocycles. The van der Waals surface area contributed by atoms with Crippen LogP contribution in [0.5, 0.6) is 0 Å². The first-order chi connectivity index (χ1) is 9.79. The summed E-state index contributed by atoms with van der Waals surface area (Å²) in [6.45, 7) is 1.36. The molecule has 0 spiro atoms. The molecule has 114 valence electrons. The molecule has 2 rings (SSSR count). The lowest BCUT2D eigenvalue weighted by Gasteiger charge is -2.10. The zero-order valence-corrected chi connectivity index (χ0v) is 10.8. The molecule has 2 aromatic heterocycles. The molecule has 6 nitrogen and oxygen atoms in total. The molecule has 0 radical (unpaired) electrons. The summed E-state index contributed by atoms with van der Waals surface area (Å²) in [6.07, 6.45) is -5.37. The molecule has 0 aliphatic rings. The van der Waals surface area contributed by atoms with E-state index in [-0.39, 0.29) is 12.3 Å². The van der Waals surface area contributed by atoms with Gasteiger partial charge in [0.1, 0.15) is 29.5 Å². The van der Waals surface area contributed by atoms with Crippen molar-refractivity contribution in [1.29, 1.82) is 0 Å². The van der Waals surface area contributed by atoms with E-state index in [1.165, 1.54) is 6.07 Å². The molecule has 21 heavy (non-hydrogen) atoms. The van der Waals surface area contributed by atoms with Crippen LogP contribution in [0.3, 0.4) is 0 Å². The molecule has 1 amide bonds. The van der Waals surface area contributed by atoms with E-state index in [1.807, 2.05) is 0 Å². The van der Waals surface area contributed by atoms with Crippen LogP contribution in [0, 0.1) is 6.92 Å². The highest BCUT2D eigenvalue weighted by atomic mass is 19.4. The van der Waals surface area contributed by atoms with Gasteiger partial charge in [0.2, 0.25) is 0 Å². The molecule has 0 aliphatic heterocycles. The van der Waals surface area contributed by atoms with E-state index >= 15 is 0 Å². The van der Waals surface area contributed by atoms with E-state index in [0.717, 1.165) is 0 Å². The number of nitrogens with one attached hydrogen (secondary N) is 1. The Balaban J connectivity index is 2.01. The number of aryl methyl sites for hydroxylation is 1. The first-order valence-electron chi connectivity index (χ1n) is 5.83. The van der Waals surface area contributed by atoms with Gasteiger partial charge in [-0.05, 0) is 19.1 Å². The van der Waals surface area contributed by atoms with Crippen LogP contribution in [0.2, 0.25) is 0 Å². The van der Waals surface area contributed by atoms with E-state index in [0.29, 0.717) is 12.0 Å². The molecule has 1 atom stereocenters. The Kier molecular flexibility index (Phi) is 4.03. The van der Waals surface area contributed by atoms with Crippen molar-refractivity contribution in [2.75, 3.05) is 6.54 Å². The molecule has 0 saturated carbocycles. The number of halogens is 3. The number of aliphatic hydroxyl groups is 1. The number of aromatic nitrogens is 1. The van der Waals surface area contributed by atoms with Crippen molar-refractivity contribution >= 4 is 5.91 Å². The summed E-state index contributed by atoms with van der Waals surface area (Å²) < 4.78 is 46.9. The number of alkyl halides is 3. The van der Waals surface area contributed by atoms with Crippen molar-refractivity contribution < 1.29 is 32.0 Å². The fourth-order valence-corrected chi connectivity index (χ4v) is 1.62. The topological polar surface area (TPSA) is 88.5 Å². The van der Waals surface area contributed by atoms with Crippen LogP contribution in [0.25, 0.3) is 0 Å². The monoisotopic (exact) mass is 304 g/mol. The van der Waals surface area contributed by atoms with Crippen molar-refractivity contribution in [2.45, 2.75) is 19.2 Å². The second-order valence-corrected chi connectivity index (χ2v) is 4.25. The minimum atomic E-state index is -4.80. The van der Waals surface area contributed by atoms with Gasteiger partial charge in [-0.25, -0.2) is 0 Å². The van der Waals surface area contributed by atoms with Crippen LogP contribution >= 0.6 is 0 Å². The highest BCUT2D eigenvalue weighted by Gasteiger charge is 2.39. The molecule has 2 N–H and O–H groups in total. The number of amides is 1. The van der Waals surface area contributed by atoms with Crippen LogP contribution in [-0.4, -0.2) is 22.7 Å². The van der Waals surface area contributed by atoms with Gasteiger partial charge >= 0.3 is 6.18 Å².